The lowest BCUT2D eigenvalue weighted by Crippen LogP contribution is -2.19. The van der Waals surface area contributed by atoms with E-state index in [1.54, 1.807) is 19.0 Å². The van der Waals surface area contributed by atoms with Gasteiger partial charge in [-0.15, -0.1) is 0 Å². The van der Waals surface area contributed by atoms with Crippen molar-refractivity contribution in [3.8, 4) is 0 Å². The van der Waals surface area contributed by atoms with Crippen LogP contribution < -0.4 is 15.5 Å². The predicted octanol–water partition coefficient (Wildman–Crippen LogP) is 2.12. The summed E-state index contributed by atoms with van der Waals surface area (Å²) in [5, 5.41) is 5.55. The number of hydrogen-bond donors (Lipinski definition) is 2. The van der Waals surface area contributed by atoms with E-state index in [9.17, 15) is 13.2 Å². The summed E-state index contributed by atoms with van der Waals surface area (Å²) in [6, 6.07) is 0. The Morgan fingerprint density at radius 1 is 1.00 bits per heavy atom. The van der Waals surface area contributed by atoms with Crippen molar-refractivity contribution < 1.29 is 13.2 Å². The van der Waals surface area contributed by atoms with E-state index in [0.717, 1.165) is 6.42 Å². The molecule has 2 N–H and O–H groups in total. The molecule has 0 aliphatic carbocycles. The molecule has 0 saturated carbocycles. The van der Waals surface area contributed by atoms with Crippen LogP contribution in [0.15, 0.2) is 0 Å². The highest BCUT2D eigenvalue weighted by Gasteiger charge is 2.26. The zero-order valence-electron chi connectivity index (χ0n) is 11.8. The summed E-state index contributed by atoms with van der Waals surface area (Å²) in [6.07, 6.45) is -4.25. The van der Waals surface area contributed by atoms with Gasteiger partial charge in [-0.05, 0) is 6.42 Å². The first-order valence-corrected chi connectivity index (χ1v) is 6.29. The molecule has 0 atom stereocenters. The standard InChI is InChI=1S/C11H19F3N6/c1-4-6-15-8-17-9(16-7-5-11(12,13)14)19-10(18-8)20(2)3/h4-7H2,1-3H3,(H2,15,16,17,18,19). The highest BCUT2D eigenvalue weighted by molar-refractivity contribution is 5.42. The largest absolute Gasteiger partial charge is 0.390 e. The van der Waals surface area contributed by atoms with Gasteiger partial charge in [0.1, 0.15) is 0 Å². The number of hydrogen-bond acceptors (Lipinski definition) is 6. The van der Waals surface area contributed by atoms with E-state index in [0.29, 0.717) is 18.4 Å². The quantitative estimate of drug-likeness (QED) is 0.802. The molecule has 0 radical (unpaired) electrons. The molecule has 0 saturated heterocycles. The third-order valence-electron chi connectivity index (χ3n) is 2.25. The van der Waals surface area contributed by atoms with E-state index < -0.39 is 12.6 Å². The van der Waals surface area contributed by atoms with Crippen molar-refractivity contribution in [3.63, 3.8) is 0 Å². The van der Waals surface area contributed by atoms with Crippen LogP contribution >= 0.6 is 0 Å². The molecular formula is C11H19F3N6. The molecule has 0 fully saturated rings. The highest BCUT2D eigenvalue weighted by Crippen LogP contribution is 2.19. The Morgan fingerprint density at radius 2 is 1.55 bits per heavy atom. The van der Waals surface area contributed by atoms with E-state index in [4.69, 9.17) is 0 Å². The Morgan fingerprint density at radius 3 is 2.00 bits per heavy atom. The predicted molar refractivity (Wildman–Crippen MR) is 72.1 cm³/mol. The van der Waals surface area contributed by atoms with Crippen LogP contribution in [0.3, 0.4) is 0 Å². The molecule has 6 nitrogen and oxygen atoms in total. The van der Waals surface area contributed by atoms with Gasteiger partial charge in [0.15, 0.2) is 0 Å². The van der Waals surface area contributed by atoms with E-state index in [-0.39, 0.29) is 12.5 Å². The van der Waals surface area contributed by atoms with E-state index >= 15 is 0 Å². The SMILES string of the molecule is CCCNc1nc(NCCC(F)(F)F)nc(N(C)C)n1. The van der Waals surface area contributed by atoms with Crippen molar-refractivity contribution in [3.05, 3.63) is 0 Å². The first kappa shape index (κ1) is 16.3. The van der Waals surface area contributed by atoms with Crippen LogP contribution in [0.5, 0.6) is 0 Å². The molecular weight excluding hydrogens is 273 g/mol. The number of rotatable bonds is 7. The molecule has 9 heteroatoms. The molecule has 0 amide bonds. The van der Waals surface area contributed by atoms with Gasteiger partial charge in [0.25, 0.3) is 0 Å². The Bertz CT molecular complexity index is 421. The minimum atomic E-state index is -4.20. The highest BCUT2D eigenvalue weighted by atomic mass is 19.4. The fraction of sp³-hybridized carbons (Fsp3) is 0.727. The second-order valence-corrected chi connectivity index (χ2v) is 4.40. The van der Waals surface area contributed by atoms with E-state index in [1.165, 1.54) is 0 Å². The number of anilines is 3. The number of halogens is 3. The van der Waals surface area contributed by atoms with Gasteiger partial charge in [-0.3, -0.25) is 0 Å². The summed E-state index contributed by atoms with van der Waals surface area (Å²) in [6.45, 7) is 2.40. The Balaban J connectivity index is 2.75. The van der Waals surface area contributed by atoms with Crippen molar-refractivity contribution in [1.29, 1.82) is 0 Å². The summed E-state index contributed by atoms with van der Waals surface area (Å²) in [5.74, 6) is 0.861. The van der Waals surface area contributed by atoms with Crippen LogP contribution in [-0.2, 0) is 0 Å². The minimum Gasteiger partial charge on any atom is -0.354 e. The van der Waals surface area contributed by atoms with Gasteiger partial charge in [-0.25, -0.2) is 0 Å². The molecule has 0 aliphatic heterocycles. The Hall–Kier alpha value is -1.80. The molecule has 1 aromatic heterocycles. The molecule has 0 spiro atoms. The van der Waals surface area contributed by atoms with Crippen LogP contribution in [0.1, 0.15) is 19.8 Å². The molecule has 1 rings (SSSR count). The maximum atomic E-state index is 12.1. The zero-order valence-corrected chi connectivity index (χ0v) is 11.8. The van der Waals surface area contributed by atoms with Crippen molar-refractivity contribution >= 4 is 17.8 Å². The van der Waals surface area contributed by atoms with Gasteiger partial charge < -0.3 is 15.5 Å². The van der Waals surface area contributed by atoms with Gasteiger partial charge >= 0.3 is 6.18 Å². The summed E-state index contributed by atoms with van der Waals surface area (Å²) in [7, 11) is 3.50. The van der Waals surface area contributed by atoms with Crippen molar-refractivity contribution in [1.82, 2.24) is 15.0 Å². The van der Waals surface area contributed by atoms with Gasteiger partial charge in [0.05, 0.1) is 6.42 Å². The minimum absolute atomic E-state index is 0.131. The van der Waals surface area contributed by atoms with Gasteiger partial charge in [0, 0.05) is 27.2 Å². The second-order valence-electron chi connectivity index (χ2n) is 4.40. The lowest BCUT2D eigenvalue weighted by Gasteiger charge is -2.14. The molecule has 0 unspecified atom stereocenters. The molecule has 114 valence electrons. The summed E-state index contributed by atoms with van der Waals surface area (Å²) in [5.41, 5.74) is 0. The van der Waals surface area contributed by atoms with Crippen molar-refractivity contribution in [2.45, 2.75) is 25.9 Å². The van der Waals surface area contributed by atoms with E-state index in [2.05, 4.69) is 25.6 Å². The molecule has 1 aromatic rings. The topological polar surface area (TPSA) is 66.0 Å². The second kappa shape index (κ2) is 7.11. The molecule has 0 aromatic carbocycles. The summed E-state index contributed by atoms with van der Waals surface area (Å²) in [4.78, 5) is 13.9. The average Bonchev–Trinajstić information content (AvgIpc) is 2.34. The third kappa shape index (κ3) is 5.89. The zero-order chi connectivity index (χ0) is 15.2. The van der Waals surface area contributed by atoms with E-state index in [1.807, 2.05) is 6.92 Å². The van der Waals surface area contributed by atoms with Crippen molar-refractivity contribution in [2.75, 3.05) is 42.7 Å². The average molecular weight is 292 g/mol. The van der Waals surface area contributed by atoms with Gasteiger partial charge in [-0.1, -0.05) is 6.92 Å². The van der Waals surface area contributed by atoms with Crippen LogP contribution in [0, 0.1) is 0 Å². The molecule has 20 heavy (non-hydrogen) atoms. The number of aromatic nitrogens is 3. The van der Waals surface area contributed by atoms with Crippen LogP contribution in [0.4, 0.5) is 31.0 Å². The Kier molecular flexibility index (Phi) is 5.78. The van der Waals surface area contributed by atoms with Crippen LogP contribution in [-0.4, -0.2) is 48.3 Å². The fourth-order valence-corrected chi connectivity index (χ4v) is 1.28. The number of nitrogens with one attached hydrogen (secondary N) is 2. The normalized spacial score (nSPS) is 11.3. The molecule has 0 aliphatic rings. The lowest BCUT2D eigenvalue weighted by molar-refractivity contribution is -0.131. The van der Waals surface area contributed by atoms with Gasteiger partial charge in [-0.2, -0.15) is 28.1 Å². The number of alkyl halides is 3. The maximum absolute atomic E-state index is 12.1. The third-order valence-corrected chi connectivity index (χ3v) is 2.25. The van der Waals surface area contributed by atoms with Gasteiger partial charge in [0.2, 0.25) is 17.8 Å². The fourth-order valence-electron chi connectivity index (χ4n) is 1.28. The first-order chi connectivity index (χ1) is 9.31. The maximum Gasteiger partial charge on any atom is 0.390 e. The smallest absolute Gasteiger partial charge is 0.354 e. The summed E-state index contributed by atoms with van der Waals surface area (Å²) < 4.78 is 36.3. The molecule has 1 heterocycles. The van der Waals surface area contributed by atoms with Crippen molar-refractivity contribution in [2.24, 2.45) is 0 Å². The summed E-state index contributed by atoms with van der Waals surface area (Å²) >= 11 is 0. The molecule has 0 bridgehead atoms. The Labute approximate surface area is 115 Å². The van der Waals surface area contributed by atoms with Crippen LogP contribution in [0.25, 0.3) is 0 Å². The number of nitrogens with zero attached hydrogens (tertiary/aromatic N) is 4. The van der Waals surface area contributed by atoms with Crippen LogP contribution in [0.2, 0.25) is 0 Å². The lowest BCUT2D eigenvalue weighted by atomic mass is 10.4. The monoisotopic (exact) mass is 292 g/mol. The first-order valence-electron chi connectivity index (χ1n) is 6.29.